The normalized spacial score (nSPS) is 13.2. The first-order chi connectivity index (χ1) is 11.3. The number of nitrogens with one attached hydrogen (secondary N) is 1. The van der Waals surface area contributed by atoms with E-state index < -0.39 is 39.3 Å². The predicted molar refractivity (Wildman–Crippen MR) is 93.7 cm³/mol. The number of alkyl carbamates (subject to hydrolysis) is 1. The number of hydrogen-bond acceptors (Lipinski definition) is 5. The maximum absolute atomic E-state index is 12.7. The second kappa shape index (κ2) is 8.25. The lowest BCUT2D eigenvalue weighted by atomic mass is 10.2. The van der Waals surface area contributed by atoms with E-state index in [2.05, 4.69) is 5.32 Å². The van der Waals surface area contributed by atoms with Crippen LogP contribution in [0.2, 0.25) is 10.0 Å². The van der Waals surface area contributed by atoms with Gasteiger partial charge in [-0.1, -0.05) is 23.2 Å². The number of sulfone groups is 1. The molecule has 0 aliphatic heterocycles. The Kier molecular flexibility index (Phi) is 7.10. The molecule has 0 saturated heterocycles. The van der Waals surface area contributed by atoms with Crippen LogP contribution in [-0.2, 0) is 19.4 Å². The first-order valence-corrected chi connectivity index (χ1v) is 9.53. The molecule has 140 valence electrons. The highest BCUT2D eigenvalue weighted by atomic mass is 35.5. The smallest absolute Gasteiger partial charge is 0.408 e. The maximum atomic E-state index is 12.7. The lowest BCUT2D eigenvalue weighted by molar-refractivity contribution is -0.137. The van der Waals surface area contributed by atoms with Crippen LogP contribution in [0, 0.1) is 0 Å². The number of carbonyl (C=O) groups excluding carboxylic acids is 1. The van der Waals surface area contributed by atoms with Crippen LogP contribution in [0.5, 0.6) is 0 Å². The van der Waals surface area contributed by atoms with Crippen LogP contribution in [0.15, 0.2) is 23.1 Å². The minimum atomic E-state index is -4.11. The zero-order valence-corrected chi connectivity index (χ0v) is 16.2. The molecular weight excluding hydrogens is 393 g/mol. The zero-order chi connectivity index (χ0) is 19.4. The third-order valence-electron chi connectivity index (χ3n) is 2.89. The SMILES string of the molecule is CC(C)(C)OC(=O)N[C@H](CCC(=O)O)S(=O)(=O)c1ccc(Cl)c(Cl)c1. The van der Waals surface area contributed by atoms with Crippen molar-refractivity contribution in [2.75, 3.05) is 0 Å². The van der Waals surface area contributed by atoms with Crippen molar-refractivity contribution in [1.29, 1.82) is 0 Å². The number of hydrogen-bond donors (Lipinski definition) is 2. The van der Waals surface area contributed by atoms with Crippen molar-refractivity contribution in [2.24, 2.45) is 0 Å². The molecule has 0 bridgehead atoms. The number of carboxylic acid groups (broad SMARTS) is 1. The van der Waals surface area contributed by atoms with Crippen LogP contribution in [0.4, 0.5) is 4.79 Å². The van der Waals surface area contributed by atoms with Crippen molar-refractivity contribution in [3.8, 4) is 0 Å². The van der Waals surface area contributed by atoms with Crippen molar-refractivity contribution in [3.05, 3.63) is 28.2 Å². The first-order valence-electron chi connectivity index (χ1n) is 7.23. The summed E-state index contributed by atoms with van der Waals surface area (Å²) in [5.41, 5.74) is -0.839. The van der Waals surface area contributed by atoms with Gasteiger partial charge in [0.05, 0.1) is 14.9 Å². The monoisotopic (exact) mass is 411 g/mol. The van der Waals surface area contributed by atoms with Gasteiger partial charge in [-0.25, -0.2) is 13.2 Å². The Labute approximate surface area is 156 Å². The Morgan fingerprint density at radius 2 is 1.84 bits per heavy atom. The second-order valence-electron chi connectivity index (χ2n) is 6.19. The fraction of sp³-hybridized carbons (Fsp3) is 0.467. The van der Waals surface area contributed by atoms with E-state index in [4.69, 9.17) is 33.0 Å². The molecule has 0 unspecified atom stereocenters. The molecule has 0 spiro atoms. The van der Waals surface area contributed by atoms with Gasteiger partial charge in [0.2, 0.25) is 0 Å². The molecule has 0 aromatic heterocycles. The number of aliphatic carboxylic acids is 1. The standard InChI is InChI=1S/C15H19Cl2NO6S/c1-15(2,3)24-14(21)18-12(6-7-13(19)20)25(22,23)9-4-5-10(16)11(17)8-9/h4-5,8,12H,6-7H2,1-3H3,(H,18,21)(H,19,20)/t12-/m0/s1. The Morgan fingerprint density at radius 1 is 1.24 bits per heavy atom. The summed E-state index contributed by atoms with van der Waals surface area (Å²) in [7, 11) is -4.11. The van der Waals surface area contributed by atoms with Crippen molar-refractivity contribution in [3.63, 3.8) is 0 Å². The summed E-state index contributed by atoms with van der Waals surface area (Å²) < 4.78 is 30.5. The van der Waals surface area contributed by atoms with Crippen molar-refractivity contribution in [1.82, 2.24) is 5.32 Å². The lowest BCUT2D eigenvalue weighted by Gasteiger charge is -2.23. The Balaban J connectivity index is 3.13. The lowest BCUT2D eigenvalue weighted by Crippen LogP contribution is -2.43. The number of carboxylic acids is 1. The van der Waals surface area contributed by atoms with Crippen molar-refractivity contribution >= 4 is 45.1 Å². The third-order valence-corrected chi connectivity index (χ3v) is 5.64. The van der Waals surface area contributed by atoms with Gasteiger partial charge in [-0.2, -0.15) is 0 Å². The molecule has 2 N–H and O–H groups in total. The summed E-state index contributed by atoms with van der Waals surface area (Å²) in [6.45, 7) is 4.85. The molecule has 1 rings (SSSR count). The number of benzene rings is 1. The van der Waals surface area contributed by atoms with Gasteiger partial charge in [-0.05, 0) is 45.4 Å². The Morgan fingerprint density at radius 3 is 2.32 bits per heavy atom. The van der Waals surface area contributed by atoms with E-state index in [1.54, 1.807) is 20.8 Å². The quantitative estimate of drug-likeness (QED) is 0.740. The van der Waals surface area contributed by atoms with E-state index in [0.717, 1.165) is 6.07 Å². The summed E-state index contributed by atoms with van der Waals surface area (Å²) in [5, 5.41) is 9.74. The molecule has 1 aromatic carbocycles. The van der Waals surface area contributed by atoms with Gasteiger partial charge in [-0.15, -0.1) is 0 Å². The molecule has 7 nitrogen and oxygen atoms in total. The largest absolute Gasteiger partial charge is 0.481 e. The molecule has 1 amide bonds. The molecule has 0 radical (unpaired) electrons. The summed E-state index contributed by atoms with van der Waals surface area (Å²) in [6, 6.07) is 3.68. The molecule has 0 heterocycles. The number of carbonyl (C=O) groups is 2. The fourth-order valence-electron chi connectivity index (χ4n) is 1.82. The zero-order valence-electron chi connectivity index (χ0n) is 13.9. The predicted octanol–water partition coefficient (Wildman–Crippen LogP) is 3.48. The molecule has 1 aromatic rings. The van der Waals surface area contributed by atoms with Gasteiger partial charge >= 0.3 is 12.1 Å². The average Bonchev–Trinajstić information content (AvgIpc) is 2.43. The number of halogens is 2. The molecule has 0 aliphatic rings. The van der Waals surface area contributed by atoms with E-state index in [0.29, 0.717) is 0 Å². The maximum Gasteiger partial charge on any atom is 0.408 e. The van der Waals surface area contributed by atoms with Gasteiger partial charge in [0.25, 0.3) is 0 Å². The third kappa shape index (κ3) is 6.72. The van der Waals surface area contributed by atoms with Crippen LogP contribution in [0.1, 0.15) is 33.6 Å². The molecule has 10 heteroatoms. The van der Waals surface area contributed by atoms with Crippen LogP contribution in [0.3, 0.4) is 0 Å². The van der Waals surface area contributed by atoms with Gasteiger partial charge in [0.1, 0.15) is 11.0 Å². The molecule has 1 atom stereocenters. The van der Waals surface area contributed by atoms with Crippen LogP contribution in [0.25, 0.3) is 0 Å². The first kappa shape index (κ1) is 21.5. The van der Waals surface area contributed by atoms with Crippen LogP contribution < -0.4 is 5.32 Å². The van der Waals surface area contributed by atoms with Crippen LogP contribution >= 0.6 is 23.2 Å². The van der Waals surface area contributed by atoms with E-state index in [1.807, 2.05) is 0 Å². The summed E-state index contributed by atoms with van der Waals surface area (Å²) in [4.78, 5) is 22.5. The molecule has 0 aliphatic carbocycles. The molecule has 25 heavy (non-hydrogen) atoms. The fourth-order valence-corrected chi connectivity index (χ4v) is 3.73. The van der Waals surface area contributed by atoms with E-state index in [1.165, 1.54) is 12.1 Å². The average molecular weight is 412 g/mol. The molecule has 0 saturated carbocycles. The second-order valence-corrected chi connectivity index (χ2v) is 9.13. The van der Waals surface area contributed by atoms with Gasteiger partial charge in [0, 0.05) is 6.42 Å². The number of amides is 1. The summed E-state index contributed by atoms with van der Waals surface area (Å²) in [5.74, 6) is -1.19. The van der Waals surface area contributed by atoms with Gasteiger partial charge in [-0.3, -0.25) is 4.79 Å². The van der Waals surface area contributed by atoms with E-state index in [9.17, 15) is 18.0 Å². The minimum absolute atomic E-state index is 0.0250. The van der Waals surface area contributed by atoms with E-state index >= 15 is 0 Å². The minimum Gasteiger partial charge on any atom is -0.481 e. The Hall–Kier alpha value is -1.51. The van der Waals surface area contributed by atoms with Crippen molar-refractivity contribution < 1.29 is 27.9 Å². The summed E-state index contributed by atoms with van der Waals surface area (Å²) in [6.07, 6.45) is -1.76. The number of ether oxygens (including phenoxy) is 1. The van der Waals surface area contributed by atoms with Crippen molar-refractivity contribution in [2.45, 2.75) is 49.5 Å². The van der Waals surface area contributed by atoms with E-state index in [-0.39, 0.29) is 21.4 Å². The van der Waals surface area contributed by atoms with Crippen LogP contribution in [-0.4, -0.2) is 36.6 Å². The summed E-state index contributed by atoms with van der Waals surface area (Å²) >= 11 is 11.6. The molecular formula is C15H19Cl2NO6S. The highest BCUT2D eigenvalue weighted by Crippen LogP contribution is 2.27. The highest BCUT2D eigenvalue weighted by Gasteiger charge is 2.31. The van der Waals surface area contributed by atoms with Gasteiger partial charge < -0.3 is 15.2 Å². The topological polar surface area (TPSA) is 110 Å². The van der Waals surface area contributed by atoms with Gasteiger partial charge in [0.15, 0.2) is 9.84 Å². The highest BCUT2D eigenvalue weighted by molar-refractivity contribution is 7.92. The number of rotatable bonds is 6. The Bertz CT molecular complexity index is 758. The molecule has 0 fully saturated rings.